The van der Waals surface area contributed by atoms with Crippen LogP contribution in [0.2, 0.25) is 5.02 Å². The monoisotopic (exact) mass is 355 g/mol. The molecule has 0 radical (unpaired) electrons. The van der Waals surface area contributed by atoms with Crippen LogP contribution in [0.1, 0.15) is 6.42 Å². The van der Waals surface area contributed by atoms with Gasteiger partial charge < -0.3 is 20.1 Å². The number of rotatable bonds is 8. The van der Waals surface area contributed by atoms with Crippen molar-refractivity contribution in [3.05, 3.63) is 29.3 Å². The lowest BCUT2D eigenvalue weighted by atomic mass is 10.2. The Bertz CT molecular complexity index is 518. The molecule has 7 heteroatoms. The van der Waals surface area contributed by atoms with Crippen LogP contribution in [-0.4, -0.2) is 74.8 Å². The molecular weight excluding hydrogens is 330 g/mol. The van der Waals surface area contributed by atoms with Crippen molar-refractivity contribution >= 4 is 17.5 Å². The maximum atomic E-state index is 12.2. The summed E-state index contributed by atoms with van der Waals surface area (Å²) in [6, 6.07) is 7.46. The van der Waals surface area contributed by atoms with Crippen LogP contribution in [0, 0.1) is 0 Å². The smallest absolute Gasteiger partial charge is 0.225 e. The number of benzene rings is 1. The van der Waals surface area contributed by atoms with E-state index in [-0.39, 0.29) is 12.0 Å². The minimum atomic E-state index is -0.195. The van der Waals surface area contributed by atoms with E-state index in [2.05, 4.69) is 4.90 Å². The van der Waals surface area contributed by atoms with E-state index >= 15 is 0 Å². The van der Waals surface area contributed by atoms with Crippen LogP contribution in [-0.2, 0) is 9.53 Å². The Morgan fingerprint density at radius 1 is 1.29 bits per heavy atom. The van der Waals surface area contributed by atoms with Crippen LogP contribution in [0.25, 0.3) is 0 Å². The number of ether oxygens (including phenoxy) is 2. The summed E-state index contributed by atoms with van der Waals surface area (Å²) in [7, 11) is 1.59. The number of piperazine rings is 1. The minimum absolute atomic E-state index is 0.110. The number of carbonyl (C=O) groups excluding carboxylic acids is 1. The van der Waals surface area contributed by atoms with Crippen molar-refractivity contribution in [2.45, 2.75) is 12.5 Å². The summed E-state index contributed by atoms with van der Waals surface area (Å²) < 4.78 is 10.9. The van der Waals surface area contributed by atoms with Crippen molar-refractivity contribution in [3.8, 4) is 5.75 Å². The van der Waals surface area contributed by atoms with Gasteiger partial charge in [0, 0.05) is 46.4 Å². The molecule has 1 aliphatic rings. The standard InChI is InChI=1S/C17H26ClN3O3/c1-23-14(13-19)12-17(22)21-8-6-20(7-9-21)10-11-24-16-5-3-2-4-15(16)18/h2-5,14H,6-13,19H2,1H3. The Hall–Kier alpha value is -1.34. The van der Waals surface area contributed by atoms with Gasteiger partial charge in [-0.25, -0.2) is 0 Å². The Morgan fingerprint density at radius 3 is 2.62 bits per heavy atom. The molecule has 1 aromatic rings. The van der Waals surface area contributed by atoms with Crippen LogP contribution in [0.5, 0.6) is 5.75 Å². The number of methoxy groups -OCH3 is 1. The predicted octanol–water partition coefficient (Wildman–Crippen LogP) is 1.23. The van der Waals surface area contributed by atoms with Crippen molar-refractivity contribution in [1.29, 1.82) is 0 Å². The average molecular weight is 356 g/mol. The molecule has 0 spiro atoms. The second kappa shape index (κ2) is 9.84. The minimum Gasteiger partial charge on any atom is -0.491 e. The van der Waals surface area contributed by atoms with Gasteiger partial charge >= 0.3 is 0 Å². The van der Waals surface area contributed by atoms with Crippen LogP contribution in [0.4, 0.5) is 0 Å². The largest absolute Gasteiger partial charge is 0.491 e. The summed E-state index contributed by atoms with van der Waals surface area (Å²) in [5.74, 6) is 0.819. The summed E-state index contributed by atoms with van der Waals surface area (Å²) in [5.41, 5.74) is 5.57. The number of nitrogens with two attached hydrogens (primary N) is 1. The number of nitrogens with zero attached hydrogens (tertiary/aromatic N) is 2. The van der Waals surface area contributed by atoms with Gasteiger partial charge in [0.2, 0.25) is 5.91 Å². The normalized spacial score (nSPS) is 16.9. The molecule has 1 fully saturated rings. The first-order valence-electron chi connectivity index (χ1n) is 8.24. The molecule has 6 nitrogen and oxygen atoms in total. The molecule has 1 aromatic carbocycles. The number of amides is 1. The lowest BCUT2D eigenvalue weighted by Crippen LogP contribution is -2.50. The summed E-state index contributed by atoms with van der Waals surface area (Å²) in [6.07, 6.45) is 0.155. The zero-order chi connectivity index (χ0) is 17.4. The molecule has 1 amide bonds. The van der Waals surface area contributed by atoms with E-state index in [9.17, 15) is 4.79 Å². The maximum Gasteiger partial charge on any atom is 0.225 e. The number of carbonyl (C=O) groups is 1. The fourth-order valence-corrected chi connectivity index (χ4v) is 2.84. The average Bonchev–Trinajstić information content (AvgIpc) is 2.61. The molecule has 1 heterocycles. The molecule has 1 saturated heterocycles. The summed E-state index contributed by atoms with van der Waals surface area (Å²) >= 11 is 6.06. The van der Waals surface area contributed by atoms with Crippen molar-refractivity contribution in [2.24, 2.45) is 5.73 Å². The zero-order valence-corrected chi connectivity index (χ0v) is 14.9. The van der Waals surface area contributed by atoms with Crippen molar-refractivity contribution in [2.75, 3.05) is 53.0 Å². The Balaban J connectivity index is 1.67. The SMILES string of the molecule is COC(CN)CC(=O)N1CCN(CCOc2ccccc2Cl)CC1. The van der Waals surface area contributed by atoms with Crippen LogP contribution in [0.15, 0.2) is 24.3 Å². The molecule has 134 valence electrons. The van der Waals surface area contributed by atoms with E-state index < -0.39 is 0 Å². The van der Waals surface area contributed by atoms with Crippen LogP contribution >= 0.6 is 11.6 Å². The molecule has 1 aliphatic heterocycles. The predicted molar refractivity (Wildman–Crippen MR) is 94.4 cm³/mol. The Labute approximate surface area is 148 Å². The quantitative estimate of drug-likeness (QED) is 0.759. The molecule has 24 heavy (non-hydrogen) atoms. The molecule has 0 saturated carbocycles. The first-order chi connectivity index (χ1) is 11.6. The number of hydrogen-bond acceptors (Lipinski definition) is 5. The highest BCUT2D eigenvalue weighted by Crippen LogP contribution is 2.22. The van der Waals surface area contributed by atoms with Crippen molar-refractivity contribution in [3.63, 3.8) is 0 Å². The molecule has 0 bridgehead atoms. The van der Waals surface area contributed by atoms with E-state index in [1.807, 2.05) is 29.2 Å². The number of halogens is 1. The summed E-state index contributed by atoms with van der Waals surface area (Å²) in [5, 5.41) is 0.625. The molecule has 2 N–H and O–H groups in total. The highest BCUT2D eigenvalue weighted by Gasteiger charge is 2.23. The second-order valence-electron chi connectivity index (χ2n) is 5.80. The van der Waals surface area contributed by atoms with Gasteiger partial charge in [0.25, 0.3) is 0 Å². The maximum absolute atomic E-state index is 12.2. The van der Waals surface area contributed by atoms with Gasteiger partial charge in [0.15, 0.2) is 0 Å². The molecule has 1 atom stereocenters. The van der Waals surface area contributed by atoms with E-state index in [1.165, 1.54) is 0 Å². The van der Waals surface area contributed by atoms with Crippen LogP contribution in [0.3, 0.4) is 0 Å². The molecule has 0 aliphatic carbocycles. The Kier molecular flexibility index (Phi) is 7.78. The highest BCUT2D eigenvalue weighted by molar-refractivity contribution is 6.32. The topological polar surface area (TPSA) is 68.0 Å². The van der Waals surface area contributed by atoms with Gasteiger partial charge in [-0.15, -0.1) is 0 Å². The summed E-state index contributed by atoms with van der Waals surface area (Å²) in [6.45, 7) is 4.91. The number of hydrogen-bond donors (Lipinski definition) is 1. The summed E-state index contributed by atoms with van der Waals surface area (Å²) in [4.78, 5) is 16.4. The first kappa shape index (κ1) is 19.0. The molecular formula is C17H26ClN3O3. The lowest BCUT2D eigenvalue weighted by molar-refractivity contribution is -0.135. The Morgan fingerprint density at radius 2 is 2.00 bits per heavy atom. The first-order valence-corrected chi connectivity index (χ1v) is 8.62. The zero-order valence-electron chi connectivity index (χ0n) is 14.1. The third-order valence-corrected chi connectivity index (χ3v) is 4.54. The van der Waals surface area contributed by atoms with Crippen molar-refractivity contribution in [1.82, 2.24) is 9.80 Å². The van der Waals surface area contributed by atoms with Crippen LogP contribution < -0.4 is 10.5 Å². The van der Waals surface area contributed by atoms with E-state index in [1.54, 1.807) is 7.11 Å². The van der Waals surface area contributed by atoms with E-state index in [0.717, 1.165) is 32.7 Å². The van der Waals surface area contributed by atoms with Gasteiger partial charge in [-0.1, -0.05) is 23.7 Å². The third kappa shape index (κ3) is 5.63. The van der Waals surface area contributed by atoms with E-state index in [0.29, 0.717) is 30.3 Å². The van der Waals surface area contributed by atoms with Gasteiger partial charge in [0.05, 0.1) is 17.5 Å². The van der Waals surface area contributed by atoms with Gasteiger partial charge in [-0.05, 0) is 12.1 Å². The molecule has 0 aromatic heterocycles. The fourth-order valence-electron chi connectivity index (χ4n) is 2.65. The number of para-hydroxylation sites is 1. The molecule has 2 rings (SSSR count). The third-order valence-electron chi connectivity index (χ3n) is 4.23. The van der Waals surface area contributed by atoms with Gasteiger partial charge in [0.1, 0.15) is 12.4 Å². The fraction of sp³-hybridized carbons (Fsp3) is 0.588. The van der Waals surface area contributed by atoms with Gasteiger partial charge in [-0.3, -0.25) is 9.69 Å². The molecule has 1 unspecified atom stereocenters. The van der Waals surface area contributed by atoms with Gasteiger partial charge in [-0.2, -0.15) is 0 Å². The van der Waals surface area contributed by atoms with E-state index in [4.69, 9.17) is 26.8 Å². The lowest BCUT2D eigenvalue weighted by Gasteiger charge is -2.35. The van der Waals surface area contributed by atoms with Crippen molar-refractivity contribution < 1.29 is 14.3 Å². The highest BCUT2D eigenvalue weighted by atomic mass is 35.5. The second-order valence-corrected chi connectivity index (χ2v) is 6.21.